The number of methoxy groups -OCH3 is 1. The average Bonchev–Trinajstić information content (AvgIpc) is 2.50. The third-order valence-electron chi connectivity index (χ3n) is 1.28. The van der Waals surface area contributed by atoms with Crippen molar-refractivity contribution in [2.75, 3.05) is 13.7 Å². The number of hydrogen-bond acceptors (Lipinski definition) is 5. The van der Waals surface area contributed by atoms with Crippen LogP contribution in [0.4, 0.5) is 0 Å². The van der Waals surface area contributed by atoms with E-state index in [1.54, 1.807) is 6.07 Å². The summed E-state index contributed by atoms with van der Waals surface area (Å²) in [7, 11) is 1.48. The molecular formula is C6H10N2O3. The third-order valence-corrected chi connectivity index (χ3v) is 1.28. The van der Waals surface area contributed by atoms with Crippen LogP contribution in [0.5, 0.6) is 5.88 Å². The molecule has 62 valence electrons. The molecule has 0 spiro atoms. The van der Waals surface area contributed by atoms with E-state index in [1.807, 2.05) is 0 Å². The van der Waals surface area contributed by atoms with Crippen molar-refractivity contribution >= 4 is 0 Å². The van der Waals surface area contributed by atoms with Crippen LogP contribution in [0.3, 0.4) is 0 Å². The molecule has 1 heterocycles. The van der Waals surface area contributed by atoms with Crippen LogP contribution in [-0.4, -0.2) is 24.0 Å². The van der Waals surface area contributed by atoms with Gasteiger partial charge in [-0.05, 0) is 5.16 Å². The summed E-state index contributed by atoms with van der Waals surface area (Å²) in [4.78, 5) is 0. The molecule has 1 unspecified atom stereocenters. The number of rotatable bonds is 3. The molecule has 1 rings (SSSR count). The molecule has 0 aromatic carbocycles. The van der Waals surface area contributed by atoms with E-state index in [1.165, 1.54) is 7.11 Å². The Morgan fingerprint density at radius 1 is 1.91 bits per heavy atom. The Kier molecular flexibility index (Phi) is 2.45. The molecule has 1 aromatic heterocycles. The number of hydrogen-bond donors (Lipinski definition) is 2. The summed E-state index contributed by atoms with van der Waals surface area (Å²) >= 11 is 0. The third kappa shape index (κ3) is 1.69. The fourth-order valence-corrected chi connectivity index (χ4v) is 0.633. The van der Waals surface area contributed by atoms with Gasteiger partial charge >= 0.3 is 0 Å². The van der Waals surface area contributed by atoms with Crippen molar-refractivity contribution in [1.29, 1.82) is 0 Å². The quantitative estimate of drug-likeness (QED) is 0.629. The second-order valence-corrected chi connectivity index (χ2v) is 2.06. The Labute approximate surface area is 63.7 Å². The van der Waals surface area contributed by atoms with E-state index in [9.17, 15) is 0 Å². The maximum Gasteiger partial charge on any atom is 0.254 e. The summed E-state index contributed by atoms with van der Waals surface area (Å²) in [5.41, 5.74) is 5.42. The van der Waals surface area contributed by atoms with Gasteiger partial charge in [-0.3, -0.25) is 0 Å². The molecule has 11 heavy (non-hydrogen) atoms. The van der Waals surface area contributed by atoms with Gasteiger partial charge in [0.1, 0.15) is 0 Å². The summed E-state index contributed by atoms with van der Waals surface area (Å²) in [6, 6.07) is 1.02. The lowest BCUT2D eigenvalue weighted by Gasteiger charge is -1.99. The van der Waals surface area contributed by atoms with Gasteiger partial charge in [-0.25, -0.2) is 0 Å². The summed E-state index contributed by atoms with van der Waals surface area (Å²) in [6.07, 6.45) is 0. The summed E-state index contributed by atoms with van der Waals surface area (Å²) in [5, 5.41) is 12.1. The van der Waals surface area contributed by atoms with E-state index in [-0.39, 0.29) is 6.61 Å². The zero-order chi connectivity index (χ0) is 8.27. The Bertz CT molecular complexity index is 223. The fraction of sp³-hybridized carbons (Fsp3) is 0.500. The van der Waals surface area contributed by atoms with Gasteiger partial charge in [-0.15, -0.1) is 0 Å². The summed E-state index contributed by atoms with van der Waals surface area (Å²) < 4.78 is 9.50. The van der Waals surface area contributed by atoms with Gasteiger partial charge in [-0.1, -0.05) is 0 Å². The first-order valence-electron chi connectivity index (χ1n) is 3.15. The minimum atomic E-state index is -0.522. The van der Waals surface area contributed by atoms with Crippen molar-refractivity contribution < 1.29 is 14.4 Å². The first kappa shape index (κ1) is 8.03. The topological polar surface area (TPSA) is 81.5 Å². The molecule has 0 bridgehead atoms. The molecule has 0 aliphatic heterocycles. The molecule has 1 atom stereocenters. The van der Waals surface area contributed by atoms with Gasteiger partial charge in [-0.2, -0.15) is 0 Å². The number of aromatic nitrogens is 1. The van der Waals surface area contributed by atoms with Gasteiger partial charge in [0, 0.05) is 6.07 Å². The van der Waals surface area contributed by atoms with Crippen LogP contribution < -0.4 is 10.5 Å². The summed E-state index contributed by atoms with van der Waals surface area (Å²) in [5.74, 6) is 0.785. The van der Waals surface area contributed by atoms with Crippen LogP contribution in [0.15, 0.2) is 10.6 Å². The maximum absolute atomic E-state index is 8.62. The number of ether oxygens (including phenoxy) is 1. The van der Waals surface area contributed by atoms with E-state index in [0.29, 0.717) is 11.6 Å². The molecule has 0 aliphatic rings. The normalized spacial score (nSPS) is 13.0. The van der Waals surface area contributed by atoms with Crippen molar-refractivity contribution in [3.63, 3.8) is 0 Å². The van der Waals surface area contributed by atoms with Crippen molar-refractivity contribution in [2.24, 2.45) is 5.73 Å². The van der Waals surface area contributed by atoms with E-state index in [0.717, 1.165) is 0 Å². The van der Waals surface area contributed by atoms with Crippen LogP contribution in [0.2, 0.25) is 0 Å². The minimum Gasteiger partial charge on any atom is -0.479 e. The molecule has 1 aromatic rings. The Balaban J connectivity index is 2.71. The highest BCUT2D eigenvalue weighted by Gasteiger charge is 2.10. The zero-order valence-corrected chi connectivity index (χ0v) is 6.15. The highest BCUT2D eigenvalue weighted by atomic mass is 16.5. The van der Waals surface area contributed by atoms with E-state index in [2.05, 4.69) is 5.16 Å². The lowest BCUT2D eigenvalue weighted by atomic mass is 10.2. The molecule has 0 fully saturated rings. The average molecular weight is 158 g/mol. The highest BCUT2D eigenvalue weighted by molar-refractivity contribution is 5.13. The zero-order valence-electron chi connectivity index (χ0n) is 6.15. The van der Waals surface area contributed by atoms with E-state index >= 15 is 0 Å². The van der Waals surface area contributed by atoms with Crippen LogP contribution in [-0.2, 0) is 0 Å². The largest absolute Gasteiger partial charge is 0.479 e. The van der Waals surface area contributed by atoms with Gasteiger partial charge in [0.15, 0.2) is 5.76 Å². The Hall–Kier alpha value is -1.07. The molecular weight excluding hydrogens is 148 g/mol. The monoisotopic (exact) mass is 158 g/mol. The number of nitrogens with two attached hydrogens (primary N) is 1. The van der Waals surface area contributed by atoms with Gasteiger partial charge in [0.2, 0.25) is 0 Å². The second-order valence-electron chi connectivity index (χ2n) is 2.06. The highest BCUT2D eigenvalue weighted by Crippen LogP contribution is 2.15. The smallest absolute Gasteiger partial charge is 0.254 e. The van der Waals surface area contributed by atoms with Crippen molar-refractivity contribution in [3.05, 3.63) is 11.8 Å². The van der Waals surface area contributed by atoms with Crippen LogP contribution in [0.1, 0.15) is 11.8 Å². The molecule has 5 heteroatoms. The van der Waals surface area contributed by atoms with Gasteiger partial charge < -0.3 is 20.1 Å². The van der Waals surface area contributed by atoms with Gasteiger partial charge in [0.05, 0.1) is 19.8 Å². The minimum absolute atomic E-state index is 0.168. The first-order chi connectivity index (χ1) is 5.27. The first-order valence-corrected chi connectivity index (χ1v) is 3.15. The molecule has 0 aliphatic carbocycles. The lowest BCUT2D eigenvalue weighted by Crippen LogP contribution is -2.13. The lowest BCUT2D eigenvalue weighted by molar-refractivity contribution is 0.238. The van der Waals surface area contributed by atoms with Crippen molar-refractivity contribution in [3.8, 4) is 5.88 Å². The van der Waals surface area contributed by atoms with Crippen molar-refractivity contribution in [2.45, 2.75) is 6.04 Å². The predicted octanol–water partition coefficient (Wildman–Crippen LogP) is -0.325. The standard InChI is InChI=1S/C6H10N2O3/c1-10-6-2-5(11-8-6)4(7)3-9/h2,4,9H,3,7H2,1H3. The molecule has 0 saturated carbocycles. The molecule has 0 radical (unpaired) electrons. The Morgan fingerprint density at radius 3 is 3.09 bits per heavy atom. The second kappa shape index (κ2) is 3.36. The number of nitrogens with zero attached hydrogens (tertiary/aromatic N) is 1. The van der Waals surface area contributed by atoms with Gasteiger partial charge in [0.25, 0.3) is 5.88 Å². The maximum atomic E-state index is 8.62. The molecule has 5 nitrogen and oxygen atoms in total. The van der Waals surface area contributed by atoms with E-state index < -0.39 is 6.04 Å². The summed E-state index contributed by atoms with van der Waals surface area (Å²) in [6.45, 7) is -0.168. The van der Waals surface area contributed by atoms with Crippen LogP contribution in [0, 0.1) is 0 Å². The number of aliphatic hydroxyl groups excluding tert-OH is 1. The molecule has 0 amide bonds. The SMILES string of the molecule is COc1cc(C(N)CO)on1. The Morgan fingerprint density at radius 2 is 2.64 bits per heavy atom. The predicted molar refractivity (Wildman–Crippen MR) is 37.1 cm³/mol. The van der Waals surface area contributed by atoms with Crippen LogP contribution >= 0.6 is 0 Å². The van der Waals surface area contributed by atoms with E-state index in [4.69, 9.17) is 20.1 Å². The fourth-order valence-electron chi connectivity index (χ4n) is 0.633. The molecule has 0 saturated heterocycles. The van der Waals surface area contributed by atoms with Crippen LogP contribution in [0.25, 0.3) is 0 Å². The number of aliphatic hydroxyl groups is 1. The molecule has 3 N–H and O–H groups in total. The van der Waals surface area contributed by atoms with Crippen molar-refractivity contribution in [1.82, 2.24) is 5.16 Å².